The van der Waals surface area contributed by atoms with Crippen LogP contribution in [0.3, 0.4) is 0 Å². The summed E-state index contributed by atoms with van der Waals surface area (Å²) in [5.74, 6) is -0.462. The maximum Gasteiger partial charge on any atom is 0.408 e. The normalized spacial score (nSPS) is 19.3. The predicted molar refractivity (Wildman–Crippen MR) is 71.8 cm³/mol. The van der Waals surface area contributed by atoms with E-state index in [0.29, 0.717) is 6.54 Å². The van der Waals surface area contributed by atoms with E-state index < -0.39 is 18.2 Å². The number of amides is 1. The second kappa shape index (κ2) is 7.36. The van der Waals surface area contributed by atoms with Gasteiger partial charge in [0.15, 0.2) is 0 Å². The molecular formula is C14H25NO4. The number of nitrogens with one attached hydrogen (secondary N) is 1. The van der Waals surface area contributed by atoms with E-state index in [1.54, 1.807) is 0 Å². The number of hydrogen-bond acceptors (Lipinski definition) is 4. The maximum absolute atomic E-state index is 11.9. The SMILES string of the molecule is CCCNC(=O)O[C@H](C(=O)OC)C1(C)CCCCC1. The largest absolute Gasteiger partial charge is 0.466 e. The molecule has 0 bridgehead atoms. The van der Waals surface area contributed by atoms with Crippen LogP contribution in [0.4, 0.5) is 4.79 Å². The van der Waals surface area contributed by atoms with Gasteiger partial charge in [0, 0.05) is 12.0 Å². The molecule has 0 saturated heterocycles. The van der Waals surface area contributed by atoms with Gasteiger partial charge in [0.25, 0.3) is 0 Å². The van der Waals surface area contributed by atoms with Crippen LogP contribution < -0.4 is 5.32 Å². The lowest BCUT2D eigenvalue weighted by atomic mass is 9.71. The molecule has 1 atom stereocenters. The van der Waals surface area contributed by atoms with E-state index in [4.69, 9.17) is 9.47 Å². The Bertz CT molecular complexity index is 311. The topological polar surface area (TPSA) is 64.6 Å². The monoisotopic (exact) mass is 271 g/mol. The summed E-state index contributed by atoms with van der Waals surface area (Å²) in [6.07, 6.45) is 4.54. The minimum atomic E-state index is -0.811. The van der Waals surface area contributed by atoms with Crippen LogP contribution in [0.15, 0.2) is 0 Å². The number of esters is 1. The smallest absolute Gasteiger partial charge is 0.408 e. The van der Waals surface area contributed by atoms with E-state index in [2.05, 4.69) is 5.32 Å². The maximum atomic E-state index is 11.9. The van der Waals surface area contributed by atoms with Gasteiger partial charge in [-0.3, -0.25) is 0 Å². The van der Waals surface area contributed by atoms with Crippen molar-refractivity contribution in [1.29, 1.82) is 0 Å². The Hall–Kier alpha value is -1.26. The highest BCUT2D eigenvalue weighted by molar-refractivity contribution is 5.79. The zero-order chi connectivity index (χ0) is 14.3. The first-order valence-electron chi connectivity index (χ1n) is 7.06. The summed E-state index contributed by atoms with van der Waals surface area (Å²) < 4.78 is 10.1. The molecule has 1 amide bonds. The van der Waals surface area contributed by atoms with Crippen LogP contribution >= 0.6 is 0 Å². The van der Waals surface area contributed by atoms with Gasteiger partial charge in [-0.05, 0) is 19.3 Å². The van der Waals surface area contributed by atoms with Crippen LogP contribution in [0.25, 0.3) is 0 Å². The Labute approximate surface area is 115 Å². The number of alkyl carbamates (subject to hydrolysis) is 1. The quantitative estimate of drug-likeness (QED) is 0.781. The molecule has 0 unspecified atom stereocenters. The van der Waals surface area contributed by atoms with Crippen molar-refractivity contribution in [2.45, 2.75) is 58.5 Å². The third-order valence-corrected chi connectivity index (χ3v) is 3.79. The highest BCUT2D eigenvalue weighted by atomic mass is 16.6. The van der Waals surface area contributed by atoms with Gasteiger partial charge in [0.05, 0.1) is 7.11 Å². The molecule has 19 heavy (non-hydrogen) atoms. The van der Waals surface area contributed by atoms with E-state index in [1.165, 1.54) is 13.5 Å². The van der Waals surface area contributed by atoms with Crippen molar-refractivity contribution in [3.05, 3.63) is 0 Å². The van der Waals surface area contributed by atoms with Crippen LogP contribution in [0.5, 0.6) is 0 Å². The first-order valence-corrected chi connectivity index (χ1v) is 7.06. The third-order valence-electron chi connectivity index (χ3n) is 3.79. The Kier molecular flexibility index (Phi) is 6.12. The highest BCUT2D eigenvalue weighted by Gasteiger charge is 2.43. The van der Waals surface area contributed by atoms with E-state index in [-0.39, 0.29) is 5.41 Å². The number of rotatable bonds is 5. The standard InChI is InChI=1S/C14H25NO4/c1-4-10-15-13(17)19-11(12(16)18-3)14(2)8-6-5-7-9-14/h11H,4-10H2,1-3H3,(H,15,17)/t11-/m1/s1. The van der Waals surface area contributed by atoms with Gasteiger partial charge in [-0.1, -0.05) is 33.1 Å². The highest BCUT2D eigenvalue weighted by Crippen LogP contribution is 2.40. The number of methoxy groups -OCH3 is 1. The summed E-state index contributed by atoms with van der Waals surface area (Å²) in [6, 6.07) is 0. The van der Waals surface area contributed by atoms with Crippen molar-refractivity contribution in [3.8, 4) is 0 Å². The second-order valence-electron chi connectivity index (χ2n) is 5.45. The first-order chi connectivity index (χ1) is 9.03. The van der Waals surface area contributed by atoms with E-state index >= 15 is 0 Å². The summed E-state index contributed by atoms with van der Waals surface area (Å²) >= 11 is 0. The summed E-state index contributed by atoms with van der Waals surface area (Å²) in [5.41, 5.74) is -0.311. The molecule has 0 spiro atoms. The van der Waals surface area contributed by atoms with Crippen LogP contribution in [0.1, 0.15) is 52.4 Å². The van der Waals surface area contributed by atoms with Gasteiger partial charge in [-0.2, -0.15) is 0 Å². The van der Waals surface area contributed by atoms with Crippen molar-refractivity contribution >= 4 is 12.1 Å². The van der Waals surface area contributed by atoms with Gasteiger partial charge in [-0.25, -0.2) is 9.59 Å². The number of carbonyl (C=O) groups excluding carboxylic acids is 2. The molecule has 1 N–H and O–H groups in total. The van der Waals surface area contributed by atoms with E-state index in [1.807, 2.05) is 13.8 Å². The lowest BCUT2D eigenvalue weighted by molar-refractivity contribution is -0.159. The van der Waals surface area contributed by atoms with E-state index in [0.717, 1.165) is 32.1 Å². The zero-order valence-corrected chi connectivity index (χ0v) is 12.2. The van der Waals surface area contributed by atoms with Crippen LogP contribution in [-0.2, 0) is 14.3 Å². The lowest BCUT2D eigenvalue weighted by Crippen LogP contribution is -2.46. The molecule has 1 aliphatic carbocycles. The van der Waals surface area contributed by atoms with Crippen LogP contribution in [0, 0.1) is 5.41 Å². The Morgan fingerprint density at radius 1 is 1.26 bits per heavy atom. The van der Waals surface area contributed by atoms with Gasteiger partial charge < -0.3 is 14.8 Å². The van der Waals surface area contributed by atoms with Crippen molar-refractivity contribution in [2.75, 3.05) is 13.7 Å². The van der Waals surface area contributed by atoms with E-state index in [9.17, 15) is 9.59 Å². The molecule has 1 aliphatic rings. The molecule has 0 aromatic carbocycles. The summed E-state index contributed by atoms with van der Waals surface area (Å²) in [7, 11) is 1.33. The predicted octanol–water partition coefficient (Wildman–Crippen LogP) is 2.63. The molecule has 0 radical (unpaired) electrons. The fraction of sp³-hybridized carbons (Fsp3) is 0.857. The zero-order valence-electron chi connectivity index (χ0n) is 12.2. The molecule has 0 heterocycles. The van der Waals surface area contributed by atoms with Crippen molar-refractivity contribution in [1.82, 2.24) is 5.32 Å². The molecule has 1 rings (SSSR count). The second-order valence-corrected chi connectivity index (χ2v) is 5.45. The minimum absolute atomic E-state index is 0.311. The Morgan fingerprint density at radius 3 is 2.42 bits per heavy atom. The molecule has 0 aromatic rings. The summed E-state index contributed by atoms with van der Waals surface area (Å²) in [6.45, 7) is 4.50. The van der Waals surface area contributed by atoms with Gasteiger partial charge >= 0.3 is 12.1 Å². The van der Waals surface area contributed by atoms with Gasteiger partial charge in [0.2, 0.25) is 6.10 Å². The lowest BCUT2D eigenvalue weighted by Gasteiger charge is -2.38. The molecule has 0 aliphatic heterocycles. The fourth-order valence-corrected chi connectivity index (χ4v) is 2.58. The summed E-state index contributed by atoms with van der Waals surface area (Å²) in [5, 5.41) is 2.63. The molecule has 0 aromatic heterocycles. The molecule has 1 fully saturated rings. The summed E-state index contributed by atoms with van der Waals surface area (Å²) in [4.78, 5) is 23.6. The molecule has 5 nitrogen and oxygen atoms in total. The minimum Gasteiger partial charge on any atom is -0.466 e. The number of carbonyl (C=O) groups is 2. The molecule has 5 heteroatoms. The Balaban J connectivity index is 2.71. The van der Waals surface area contributed by atoms with Crippen LogP contribution in [-0.4, -0.2) is 31.8 Å². The van der Waals surface area contributed by atoms with Crippen molar-refractivity contribution in [2.24, 2.45) is 5.41 Å². The molecular weight excluding hydrogens is 246 g/mol. The number of ether oxygens (including phenoxy) is 2. The van der Waals surface area contributed by atoms with Gasteiger partial charge in [-0.15, -0.1) is 0 Å². The average molecular weight is 271 g/mol. The Morgan fingerprint density at radius 2 is 1.89 bits per heavy atom. The first kappa shape index (κ1) is 15.8. The van der Waals surface area contributed by atoms with Gasteiger partial charge in [0.1, 0.15) is 0 Å². The fourth-order valence-electron chi connectivity index (χ4n) is 2.58. The average Bonchev–Trinajstić information content (AvgIpc) is 2.42. The molecule has 110 valence electrons. The third kappa shape index (κ3) is 4.40. The van der Waals surface area contributed by atoms with Crippen molar-refractivity contribution < 1.29 is 19.1 Å². The van der Waals surface area contributed by atoms with Crippen LogP contribution in [0.2, 0.25) is 0 Å². The molecule has 1 saturated carbocycles. The van der Waals surface area contributed by atoms with Crippen molar-refractivity contribution in [3.63, 3.8) is 0 Å². The number of hydrogen-bond donors (Lipinski definition) is 1.